The average molecular weight is 191 g/mol. The molecule has 0 saturated carbocycles. The lowest BCUT2D eigenvalue weighted by molar-refractivity contribution is 0.846. The first-order chi connectivity index (χ1) is 4.16. The van der Waals surface area contributed by atoms with E-state index in [-0.39, 0.29) is 0 Å². The van der Waals surface area contributed by atoms with Gasteiger partial charge in [-0.05, 0) is 26.7 Å². The molecule has 0 spiro atoms. The molecule has 0 rings (SSSR count). The van der Waals surface area contributed by atoms with Crippen molar-refractivity contribution in [2.75, 3.05) is 0 Å². The molecule has 0 radical (unpaired) electrons. The van der Waals surface area contributed by atoms with E-state index in [1.165, 1.54) is 18.4 Å². The first kappa shape index (κ1) is 9.22. The zero-order chi connectivity index (χ0) is 7.28. The van der Waals surface area contributed by atoms with Crippen molar-refractivity contribution >= 4 is 15.9 Å². The Morgan fingerprint density at radius 1 is 1.56 bits per heavy atom. The number of hydrogen-bond donors (Lipinski definition) is 0. The van der Waals surface area contributed by atoms with E-state index in [0.717, 1.165) is 0 Å². The first-order valence-electron chi connectivity index (χ1n) is 3.44. The third kappa shape index (κ3) is 6.10. The van der Waals surface area contributed by atoms with Gasteiger partial charge in [-0.25, -0.2) is 0 Å². The molecule has 0 bridgehead atoms. The minimum atomic E-state index is 0.674. The van der Waals surface area contributed by atoms with Gasteiger partial charge in [0.15, 0.2) is 0 Å². The molecule has 0 heterocycles. The van der Waals surface area contributed by atoms with Crippen molar-refractivity contribution in [1.29, 1.82) is 0 Å². The molecule has 54 valence electrons. The Kier molecular flexibility index (Phi) is 5.16. The molecule has 1 atom stereocenters. The van der Waals surface area contributed by atoms with Gasteiger partial charge in [-0.2, -0.15) is 0 Å². The van der Waals surface area contributed by atoms with Gasteiger partial charge in [-0.15, -0.1) is 0 Å². The van der Waals surface area contributed by atoms with Crippen LogP contribution in [0.3, 0.4) is 0 Å². The maximum Gasteiger partial charge on any atom is 0.0177 e. The van der Waals surface area contributed by atoms with Crippen LogP contribution in [0, 0.1) is 0 Å². The molecule has 9 heavy (non-hydrogen) atoms. The number of allylic oxidation sites excluding steroid dienone is 2. The lowest BCUT2D eigenvalue weighted by atomic mass is 10.2. The minimum absolute atomic E-state index is 0.674. The van der Waals surface area contributed by atoms with Gasteiger partial charge in [0.2, 0.25) is 0 Å². The summed E-state index contributed by atoms with van der Waals surface area (Å²) in [5.74, 6) is 0. The molecule has 0 aliphatic rings. The molecule has 0 aromatic heterocycles. The minimum Gasteiger partial charge on any atom is -0.0887 e. The molecule has 0 amide bonds. The van der Waals surface area contributed by atoms with Gasteiger partial charge >= 0.3 is 0 Å². The largest absolute Gasteiger partial charge is 0.0887 e. The van der Waals surface area contributed by atoms with Crippen molar-refractivity contribution in [1.82, 2.24) is 0 Å². The summed E-state index contributed by atoms with van der Waals surface area (Å²) in [5, 5.41) is 0. The van der Waals surface area contributed by atoms with E-state index < -0.39 is 0 Å². The standard InChI is InChI=1S/C8H15Br/c1-4-8(9)6-5-7(2)3/h5,8H,4,6H2,1-3H3. The van der Waals surface area contributed by atoms with Crippen LogP contribution in [0.5, 0.6) is 0 Å². The molecule has 0 aliphatic heterocycles. The summed E-state index contributed by atoms with van der Waals surface area (Å²) in [5.41, 5.74) is 1.41. The van der Waals surface area contributed by atoms with Crippen LogP contribution >= 0.6 is 15.9 Å². The van der Waals surface area contributed by atoms with E-state index in [2.05, 4.69) is 42.8 Å². The highest BCUT2D eigenvalue weighted by atomic mass is 79.9. The molecule has 0 aliphatic carbocycles. The molecule has 0 N–H and O–H groups in total. The Labute approximate surface area is 66.5 Å². The van der Waals surface area contributed by atoms with Crippen molar-refractivity contribution in [3.8, 4) is 0 Å². The van der Waals surface area contributed by atoms with Crippen molar-refractivity contribution in [2.45, 2.75) is 38.4 Å². The molecule has 1 unspecified atom stereocenters. The van der Waals surface area contributed by atoms with Gasteiger partial charge in [0, 0.05) is 4.83 Å². The maximum absolute atomic E-state index is 3.56. The summed E-state index contributed by atoms with van der Waals surface area (Å²) in [7, 11) is 0. The van der Waals surface area contributed by atoms with E-state index in [1.807, 2.05) is 0 Å². The predicted octanol–water partition coefficient (Wildman–Crippen LogP) is 3.52. The second-order valence-corrected chi connectivity index (χ2v) is 3.82. The van der Waals surface area contributed by atoms with Gasteiger partial charge in [-0.1, -0.05) is 34.5 Å². The predicted molar refractivity (Wildman–Crippen MR) is 47.1 cm³/mol. The SMILES string of the molecule is CCC(Br)CC=C(C)C. The van der Waals surface area contributed by atoms with E-state index in [1.54, 1.807) is 0 Å². The second kappa shape index (κ2) is 5.04. The highest BCUT2D eigenvalue weighted by molar-refractivity contribution is 9.09. The molecular formula is C8H15Br. The van der Waals surface area contributed by atoms with Gasteiger partial charge < -0.3 is 0 Å². The summed E-state index contributed by atoms with van der Waals surface area (Å²) >= 11 is 3.56. The van der Waals surface area contributed by atoms with Crippen LogP contribution < -0.4 is 0 Å². The number of rotatable bonds is 3. The van der Waals surface area contributed by atoms with Gasteiger partial charge in [0.25, 0.3) is 0 Å². The van der Waals surface area contributed by atoms with Crippen molar-refractivity contribution in [3.63, 3.8) is 0 Å². The van der Waals surface area contributed by atoms with Crippen molar-refractivity contribution < 1.29 is 0 Å². The monoisotopic (exact) mass is 190 g/mol. The van der Waals surface area contributed by atoms with Crippen molar-refractivity contribution in [3.05, 3.63) is 11.6 Å². The van der Waals surface area contributed by atoms with Crippen LogP contribution in [0.4, 0.5) is 0 Å². The average Bonchev–Trinajstić information content (AvgIpc) is 1.83. The molecule has 0 fully saturated rings. The van der Waals surface area contributed by atoms with Crippen LogP contribution in [0.15, 0.2) is 11.6 Å². The second-order valence-electron chi connectivity index (χ2n) is 2.52. The van der Waals surface area contributed by atoms with Gasteiger partial charge in [-0.3, -0.25) is 0 Å². The summed E-state index contributed by atoms with van der Waals surface area (Å²) < 4.78 is 0. The highest BCUT2D eigenvalue weighted by Crippen LogP contribution is 2.10. The molecule has 0 aromatic carbocycles. The Hall–Kier alpha value is 0.220. The normalized spacial score (nSPS) is 12.9. The molecule has 0 nitrogen and oxygen atoms in total. The zero-order valence-corrected chi connectivity index (χ0v) is 8.03. The van der Waals surface area contributed by atoms with E-state index in [4.69, 9.17) is 0 Å². The lowest BCUT2D eigenvalue weighted by Crippen LogP contribution is -1.91. The number of halogens is 1. The summed E-state index contributed by atoms with van der Waals surface area (Å²) in [4.78, 5) is 0.674. The molecular weight excluding hydrogens is 176 g/mol. The quantitative estimate of drug-likeness (QED) is 0.473. The summed E-state index contributed by atoms with van der Waals surface area (Å²) in [6, 6.07) is 0. The van der Waals surface area contributed by atoms with E-state index in [9.17, 15) is 0 Å². The van der Waals surface area contributed by atoms with Crippen LogP contribution in [0.2, 0.25) is 0 Å². The Morgan fingerprint density at radius 2 is 2.11 bits per heavy atom. The first-order valence-corrected chi connectivity index (χ1v) is 4.35. The fourth-order valence-corrected chi connectivity index (χ4v) is 0.717. The third-order valence-corrected chi connectivity index (χ3v) is 2.25. The molecule has 1 heteroatoms. The van der Waals surface area contributed by atoms with Crippen LogP contribution in [-0.4, -0.2) is 4.83 Å². The summed E-state index contributed by atoms with van der Waals surface area (Å²) in [6.07, 6.45) is 4.64. The number of hydrogen-bond acceptors (Lipinski definition) is 0. The Morgan fingerprint density at radius 3 is 2.44 bits per heavy atom. The third-order valence-electron chi connectivity index (χ3n) is 1.22. The number of alkyl halides is 1. The Balaban J connectivity index is 3.37. The van der Waals surface area contributed by atoms with Gasteiger partial charge in [0.1, 0.15) is 0 Å². The van der Waals surface area contributed by atoms with Crippen LogP contribution in [0.25, 0.3) is 0 Å². The molecule has 0 aromatic rings. The van der Waals surface area contributed by atoms with Crippen LogP contribution in [0.1, 0.15) is 33.6 Å². The summed E-state index contributed by atoms with van der Waals surface area (Å²) in [6.45, 7) is 6.46. The van der Waals surface area contributed by atoms with Crippen molar-refractivity contribution in [2.24, 2.45) is 0 Å². The fourth-order valence-electron chi connectivity index (χ4n) is 0.530. The smallest absolute Gasteiger partial charge is 0.0177 e. The molecule has 0 saturated heterocycles. The topological polar surface area (TPSA) is 0 Å². The Bertz CT molecular complexity index is 90.7. The van der Waals surface area contributed by atoms with E-state index in [0.29, 0.717) is 4.83 Å². The lowest BCUT2D eigenvalue weighted by Gasteiger charge is -2.00. The zero-order valence-electron chi connectivity index (χ0n) is 6.45. The van der Waals surface area contributed by atoms with Crippen LogP contribution in [-0.2, 0) is 0 Å². The van der Waals surface area contributed by atoms with Gasteiger partial charge in [0.05, 0.1) is 0 Å². The van der Waals surface area contributed by atoms with E-state index >= 15 is 0 Å². The fraction of sp³-hybridized carbons (Fsp3) is 0.750. The maximum atomic E-state index is 3.56. The highest BCUT2D eigenvalue weighted by Gasteiger charge is 1.95.